The average molecular weight is 341 g/mol. The van der Waals surface area contributed by atoms with Gasteiger partial charge in [0, 0.05) is 22.7 Å². The van der Waals surface area contributed by atoms with E-state index in [1.165, 1.54) is 24.4 Å². The molecule has 3 rings (SSSR count). The van der Waals surface area contributed by atoms with E-state index in [0.717, 1.165) is 6.07 Å². The molecule has 1 atom stereocenters. The van der Waals surface area contributed by atoms with E-state index in [-0.39, 0.29) is 5.56 Å². The van der Waals surface area contributed by atoms with Crippen LogP contribution in [0, 0.1) is 11.6 Å². The molecule has 0 bridgehead atoms. The van der Waals surface area contributed by atoms with Gasteiger partial charge in [0.25, 0.3) is 0 Å². The second-order valence-corrected chi connectivity index (χ2v) is 6.48. The van der Waals surface area contributed by atoms with Crippen molar-refractivity contribution in [3.63, 3.8) is 0 Å². The van der Waals surface area contributed by atoms with Gasteiger partial charge in [0.1, 0.15) is 11.6 Å². The molecule has 3 aromatic rings. The molecule has 0 fully saturated rings. The first-order valence-corrected chi connectivity index (χ1v) is 8.34. The molecule has 1 heterocycles. The van der Waals surface area contributed by atoms with Gasteiger partial charge in [0.15, 0.2) is 0 Å². The van der Waals surface area contributed by atoms with Crippen molar-refractivity contribution in [2.75, 3.05) is 0 Å². The van der Waals surface area contributed by atoms with Gasteiger partial charge in [-0.25, -0.2) is 13.0 Å². The number of halogens is 2. The fourth-order valence-corrected chi connectivity index (χ4v) is 3.11. The van der Waals surface area contributed by atoms with Crippen LogP contribution in [-0.4, -0.2) is 9.19 Å². The van der Waals surface area contributed by atoms with Crippen LogP contribution in [-0.2, 0) is 10.8 Å². The van der Waals surface area contributed by atoms with Gasteiger partial charge in [0.05, 0.1) is 21.4 Å². The molecule has 0 unspecified atom stereocenters. The third-order valence-corrected chi connectivity index (χ3v) is 4.70. The standard InChI is InChI=1S/C19H13F2NOS/c20-15-8-6-14(19(21)12-15)7-9-16-10-11-18(13-22-16)24(23)17-4-2-1-3-5-17/h1-13H/b9-7+/t24-/m1/s1. The molecule has 2 nitrogen and oxygen atoms in total. The van der Waals surface area contributed by atoms with E-state index >= 15 is 0 Å². The van der Waals surface area contributed by atoms with E-state index in [4.69, 9.17) is 0 Å². The molecule has 1 aromatic heterocycles. The van der Waals surface area contributed by atoms with Crippen LogP contribution in [0.3, 0.4) is 0 Å². The lowest BCUT2D eigenvalue weighted by Gasteiger charge is -2.02. The maximum Gasteiger partial charge on any atom is 0.133 e. The van der Waals surface area contributed by atoms with Crippen molar-refractivity contribution in [3.05, 3.63) is 89.8 Å². The van der Waals surface area contributed by atoms with Gasteiger partial charge in [-0.3, -0.25) is 4.98 Å². The Balaban J connectivity index is 1.77. The smallest absolute Gasteiger partial charge is 0.133 e. The van der Waals surface area contributed by atoms with Crippen molar-refractivity contribution in [2.45, 2.75) is 9.79 Å². The van der Waals surface area contributed by atoms with Crippen molar-refractivity contribution in [1.29, 1.82) is 0 Å². The summed E-state index contributed by atoms with van der Waals surface area (Å²) >= 11 is 0. The first kappa shape index (κ1) is 16.2. The molecule has 0 radical (unpaired) electrons. The molecule has 0 spiro atoms. The van der Waals surface area contributed by atoms with Gasteiger partial charge < -0.3 is 0 Å². The monoisotopic (exact) mass is 341 g/mol. The van der Waals surface area contributed by atoms with E-state index < -0.39 is 22.4 Å². The van der Waals surface area contributed by atoms with Crippen molar-refractivity contribution < 1.29 is 13.0 Å². The molecular formula is C19H13F2NOS. The summed E-state index contributed by atoms with van der Waals surface area (Å²) in [4.78, 5) is 5.50. The number of rotatable bonds is 4. The molecule has 24 heavy (non-hydrogen) atoms. The fourth-order valence-electron chi connectivity index (χ4n) is 2.09. The van der Waals surface area contributed by atoms with Crippen LogP contribution in [0.1, 0.15) is 11.3 Å². The van der Waals surface area contributed by atoms with Crippen LogP contribution in [0.2, 0.25) is 0 Å². The van der Waals surface area contributed by atoms with E-state index in [1.807, 2.05) is 18.2 Å². The summed E-state index contributed by atoms with van der Waals surface area (Å²) in [5.74, 6) is -1.25. The molecular weight excluding hydrogens is 328 g/mol. The van der Waals surface area contributed by atoms with E-state index in [1.54, 1.807) is 30.3 Å². The molecule has 120 valence electrons. The molecule has 0 amide bonds. The highest BCUT2D eigenvalue weighted by Crippen LogP contribution is 2.17. The predicted molar refractivity (Wildman–Crippen MR) is 90.6 cm³/mol. The highest BCUT2D eigenvalue weighted by molar-refractivity contribution is 7.85. The minimum Gasteiger partial charge on any atom is -0.256 e. The lowest BCUT2D eigenvalue weighted by molar-refractivity contribution is 0.581. The molecule has 5 heteroatoms. The molecule has 0 aliphatic rings. The van der Waals surface area contributed by atoms with Crippen LogP contribution in [0.5, 0.6) is 0 Å². The van der Waals surface area contributed by atoms with Crippen LogP contribution in [0.25, 0.3) is 12.2 Å². The largest absolute Gasteiger partial charge is 0.256 e. The van der Waals surface area contributed by atoms with Crippen molar-refractivity contribution >= 4 is 23.0 Å². The third kappa shape index (κ3) is 3.81. The van der Waals surface area contributed by atoms with Crippen molar-refractivity contribution in [1.82, 2.24) is 4.98 Å². The number of pyridine rings is 1. The van der Waals surface area contributed by atoms with Gasteiger partial charge in [0.2, 0.25) is 0 Å². The lowest BCUT2D eigenvalue weighted by atomic mass is 10.2. The Bertz CT molecular complexity index is 893. The van der Waals surface area contributed by atoms with E-state index in [9.17, 15) is 13.0 Å². The van der Waals surface area contributed by atoms with Crippen LogP contribution in [0.4, 0.5) is 8.78 Å². The second-order valence-electron chi connectivity index (χ2n) is 5.00. The van der Waals surface area contributed by atoms with Crippen LogP contribution in [0.15, 0.2) is 76.7 Å². The number of nitrogens with zero attached hydrogens (tertiary/aromatic N) is 1. The van der Waals surface area contributed by atoms with Crippen LogP contribution < -0.4 is 0 Å². The SMILES string of the molecule is O=[S@](c1ccccc1)c1ccc(/C=C/c2ccc(F)cc2F)nc1. The maximum absolute atomic E-state index is 13.6. The van der Waals surface area contributed by atoms with Crippen molar-refractivity contribution in [3.8, 4) is 0 Å². The summed E-state index contributed by atoms with van der Waals surface area (Å²) in [6.07, 6.45) is 4.67. The zero-order chi connectivity index (χ0) is 16.9. The normalized spacial score (nSPS) is 12.4. The summed E-state index contributed by atoms with van der Waals surface area (Å²) in [7, 11) is -1.29. The zero-order valence-electron chi connectivity index (χ0n) is 12.5. The van der Waals surface area contributed by atoms with Gasteiger partial charge in [-0.15, -0.1) is 0 Å². The summed E-state index contributed by atoms with van der Waals surface area (Å²) in [5.41, 5.74) is 0.864. The minimum absolute atomic E-state index is 0.273. The Labute approximate surface area is 141 Å². The Hall–Kier alpha value is -2.66. The lowest BCUT2D eigenvalue weighted by Crippen LogP contribution is -1.94. The summed E-state index contributed by atoms with van der Waals surface area (Å²) in [6, 6.07) is 15.9. The summed E-state index contributed by atoms with van der Waals surface area (Å²) < 4.78 is 38.8. The van der Waals surface area contributed by atoms with Gasteiger partial charge in [-0.2, -0.15) is 0 Å². The first-order chi connectivity index (χ1) is 11.6. The molecule has 2 aromatic carbocycles. The molecule has 0 N–H and O–H groups in total. The van der Waals surface area contributed by atoms with E-state index in [2.05, 4.69) is 4.98 Å². The van der Waals surface area contributed by atoms with Gasteiger partial charge in [-0.05, 0) is 48.6 Å². The predicted octanol–water partition coefficient (Wildman–Crippen LogP) is 4.70. The Morgan fingerprint density at radius 3 is 2.33 bits per heavy atom. The summed E-state index contributed by atoms with van der Waals surface area (Å²) in [5, 5.41) is 0. The average Bonchev–Trinajstić information content (AvgIpc) is 2.62. The van der Waals surface area contributed by atoms with Crippen LogP contribution >= 0.6 is 0 Å². The molecule has 0 saturated heterocycles. The second kappa shape index (κ2) is 7.27. The highest BCUT2D eigenvalue weighted by atomic mass is 32.2. The first-order valence-electron chi connectivity index (χ1n) is 7.19. The topological polar surface area (TPSA) is 30.0 Å². The summed E-state index contributed by atoms with van der Waals surface area (Å²) in [6.45, 7) is 0. The number of benzene rings is 2. The number of hydrogen-bond donors (Lipinski definition) is 0. The van der Waals surface area contributed by atoms with E-state index in [0.29, 0.717) is 15.5 Å². The third-order valence-electron chi connectivity index (χ3n) is 3.33. The quantitative estimate of drug-likeness (QED) is 0.689. The van der Waals surface area contributed by atoms with Gasteiger partial charge >= 0.3 is 0 Å². The molecule has 0 aliphatic carbocycles. The number of aromatic nitrogens is 1. The van der Waals surface area contributed by atoms with Crippen molar-refractivity contribution in [2.24, 2.45) is 0 Å². The Morgan fingerprint density at radius 1 is 0.875 bits per heavy atom. The molecule has 0 saturated carbocycles. The maximum atomic E-state index is 13.6. The fraction of sp³-hybridized carbons (Fsp3) is 0. The highest BCUT2D eigenvalue weighted by Gasteiger charge is 2.06. The number of hydrogen-bond acceptors (Lipinski definition) is 2. The Kier molecular flexibility index (Phi) is 4.91. The zero-order valence-corrected chi connectivity index (χ0v) is 13.3. The Morgan fingerprint density at radius 2 is 1.67 bits per heavy atom. The molecule has 0 aliphatic heterocycles. The van der Waals surface area contributed by atoms with Gasteiger partial charge in [-0.1, -0.05) is 18.2 Å². The minimum atomic E-state index is -1.29.